The van der Waals surface area contributed by atoms with Crippen LogP contribution in [0.25, 0.3) is 0 Å². The molecule has 2 N–H and O–H groups in total. The highest BCUT2D eigenvalue weighted by Crippen LogP contribution is 2.40. The number of ether oxygens (including phenoxy) is 6. The molecule has 0 saturated carbocycles. The average molecular weight is 735 g/mol. The molecule has 4 aromatic carbocycles. The smallest absolute Gasteiger partial charge is 0.263 e. The van der Waals surface area contributed by atoms with E-state index in [4.69, 9.17) is 28.4 Å². The van der Waals surface area contributed by atoms with Crippen molar-refractivity contribution in [3.05, 3.63) is 89.5 Å². The van der Waals surface area contributed by atoms with Gasteiger partial charge in [0.15, 0.2) is 23.0 Å². The first-order valence-electron chi connectivity index (χ1n) is 16.7. The number of amides is 1. The molecule has 0 unspecified atom stereocenters. The van der Waals surface area contributed by atoms with Crippen LogP contribution in [0.5, 0.6) is 34.5 Å². The largest absolute Gasteiger partial charge is 0.497 e. The van der Waals surface area contributed by atoms with Gasteiger partial charge in [0.05, 0.1) is 54.0 Å². The van der Waals surface area contributed by atoms with Gasteiger partial charge < -0.3 is 38.6 Å². The molecular weight excluding hydrogens is 689 g/mol. The number of methoxy groups -OCH3 is 6. The standard InChI is InChI=1S/C38H46N4O9S/c1-46-30-9-7-8-29(24-30)40-52(44,45)35-23-27(11-13-31(35)39-17-16-26-10-14-32(47-2)34(22-26)49-4)38(43)42-20-18-41(19-21-42)25-28-12-15-33(48-3)37(51-6)36(28)50-5/h7-15,22-24,39-40H,16-21,25H2,1-6H3. The van der Waals surface area contributed by atoms with Crippen molar-refractivity contribution in [2.75, 3.05) is 85.4 Å². The second-order valence-corrected chi connectivity index (χ2v) is 13.6. The summed E-state index contributed by atoms with van der Waals surface area (Å²) in [7, 11) is 5.26. The molecule has 1 fully saturated rings. The van der Waals surface area contributed by atoms with Gasteiger partial charge in [-0.05, 0) is 60.5 Å². The summed E-state index contributed by atoms with van der Waals surface area (Å²) in [4.78, 5) is 17.8. The van der Waals surface area contributed by atoms with Crippen molar-refractivity contribution in [3.63, 3.8) is 0 Å². The monoisotopic (exact) mass is 734 g/mol. The number of nitrogens with zero attached hydrogens (tertiary/aromatic N) is 2. The van der Waals surface area contributed by atoms with Crippen molar-refractivity contribution >= 4 is 27.3 Å². The van der Waals surface area contributed by atoms with Gasteiger partial charge in [0.2, 0.25) is 5.75 Å². The summed E-state index contributed by atoms with van der Waals surface area (Å²) in [6.07, 6.45) is 0.573. The van der Waals surface area contributed by atoms with Crippen molar-refractivity contribution < 1.29 is 41.6 Å². The molecule has 278 valence electrons. The Bertz CT molecular complexity index is 1960. The van der Waals surface area contributed by atoms with E-state index in [1.807, 2.05) is 30.3 Å². The van der Waals surface area contributed by atoms with E-state index in [9.17, 15) is 13.2 Å². The number of piperazine rings is 1. The van der Waals surface area contributed by atoms with E-state index in [-0.39, 0.29) is 16.4 Å². The molecule has 0 bridgehead atoms. The summed E-state index contributed by atoms with van der Waals surface area (Å²) >= 11 is 0. The minimum Gasteiger partial charge on any atom is -0.497 e. The Morgan fingerprint density at radius 3 is 2.10 bits per heavy atom. The van der Waals surface area contributed by atoms with Crippen LogP contribution in [-0.4, -0.2) is 99.5 Å². The number of carbonyl (C=O) groups is 1. The van der Waals surface area contributed by atoms with Gasteiger partial charge in [0.25, 0.3) is 15.9 Å². The van der Waals surface area contributed by atoms with Gasteiger partial charge in [-0.3, -0.25) is 14.4 Å². The SMILES string of the molecule is COc1cccc(NS(=O)(=O)c2cc(C(=O)N3CCN(Cc4ccc(OC)c(OC)c4OC)CC3)ccc2NCCc2ccc(OC)c(OC)c2)c1. The van der Waals surface area contributed by atoms with Gasteiger partial charge in [-0.2, -0.15) is 0 Å². The third-order valence-electron chi connectivity index (χ3n) is 8.86. The third kappa shape index (κ3) is 8.75. The first kappa shape index (κ1) is 37.9. The molecule has 0 aromatic heterocycles. The number of carbonyl (C=O) groups excluding carboxylic acids is 1. The predicted octanol–water partition coefficient (Wildman–Crippen LogP) is 5.15. The number of hydrogen-bond donors (Lipinski definition) is 2. The summed E-state index contributed by atoms with van der Waals surface area (Å²) < 4.78 is 63.2. The van der Waals surface area contributed by atoms with E-state index in [0.717, 1.165) is 11.1 Å². The molecule has 1 amide bonds. The summed E-state index contributed by atoms with van der Waals surface area (Å²) in [5, 5.41) is 3.27. The van der Waals surface area contributed by atoms with Crippen molar-refractivity contribution in [1.82, 2.24) is 9.80 Å². The first-order chi connectivity index (χ1) is 25.1. The fourth-order valence-corrected chi connectivity index (χ4v) is 7.38. The summed E-state index contributed by atoms with van der Waals surface area (Å²) in [5.41, 5.74) is 2.87. The second-order valence-electron chi connectivity index (χ2n) is 12.0. The van der Waals surface area contributed by atoms with E-state index in [1.54, 1.807) is 76.8 Å². The normalized spacial score (nSPS) is 13.2. The number of sulfonamides is 1. The Kier molecular flexibility index (Phi) is 12.6. The molecule has 13 nitrogen and oxygen atoms in total. The zero-order chi connectivity index (χ0) is 37.3. The van der Waals surface area contributed by atoms with Crippen molar-refractivity contribution in [2.24, 2.45) is 0 Å². The van der Waals surface area contributed by atoms with Crippen LogP contribution in [0, 0.1) is 0 Å². The maximum absolute atomic E-state index is 13.9. The average Bonchev–Trinajstić information content (AvgIpc) is 3.17. The van der Waals surface area contributed by atoms with Gasteiger partial charge in [0.1, 0.15) is 10.6 Å². The topological polar surface area (TPSA) is 137 Å². The van der Waals surface area contributed by atoms with Crippen LogP contribution in [0.15, 0.2) is 77.7 Å². The van der Waals surface area contributed by atoms with Gasteiger partial charge >= 0.3 is 0 Å². The van der Waals surface area contributed by atoms with Gasteiger partial charge in [-0.25, -0.2) is 8.42 Å². The highest BCUT2D eigenvalue weighted by atomic mass is 32.2. The summed E-state index contributed by atoms with van der Waals surface area (Å²) in [5.74, 6) is 3.19. The fraction of sp³-hybridized carbons (Fsp3) is 0.342. The number of nitrogens with one attached hydrogen (secondary N) is 2. The number of rotatable bonds is 16. The van der Waals surface area contributed by atoms with Crippen LogP contribution >= 0.6 is 0 Å². The van der Waals surface area contributed by atoms with Crippen molar-refractivity contribution in [2.45, 2.75) is 17.9 Å². The molecule has 52 heavy (non-hydrogen) atoms. The van der Waals surface area contributed by atoms with E-state index < -0.39 is 10.0 Å². The van der Waals surface area contributed by atoms with Crippen LogP contribution in [0.4, 0.5) is 11.4 Å². The maximum atomic E-state index is 13.9. The van der Waals surface area contributed by atoms with Crippen LogP contribution in [-0.2, 0) is 23.0 Å². The number of hydrogen-bond acceptors (Lipinski definition) is 11. The lowest BCUT2D eigenvalue weighted by Crippen LogP contribution is -2.48. The van der Waals surface area contributed by atoms with E-state index >= 15 is 0 Å². The third-order valence-corrected chi connectivity index (χ3v) is 10.3. The van der Waals surface area contributed by atoms with E-state index in [2.05, 4.69) is 14.9 Å². The molecular formula is C38H46N4O9S. The second kappa shape index (κ2) is 17.2. The molecule has 1 aliphatic heterocycles. The first-order valence-corrected chi connectivity index (χ1v) is 18.2. The number of anilines is 2. The quantitative estimate of drug-likeness (QED) is 0.158. The molecule has 0 aliphatic carbocycles. The molecule has 0 spiro atoms. The lowest BCUT2D eigenvalue weighted by Gasteiger charge is -2.35. The van der Waals surface area contributed by atoms with Crippen molar-refractivity contribution in [1.29, 1.82) is 0 Å². The zero-order valence-electron chi connectivity index (χ0n) is 30.4. The molecule has 14 heteroatoms. The van der Waals surface area contributed by atoms with E-state index in [1.165, 1.54) is 13.2 Å². The Labute approximate surface area is 305 Å². The van der Waals surface area contributed by atoms with Crippen LogP contribution in [0.3, 0.4) is 0 Å². The molecule has 4 aromatic rings. The molecule has 1 aliphatic rings. The summed E-state index contributed by atoms with van der Waals surface area (Å²) in [6, 6.07) is 20.8. The van der Waals surface area contributed by atoms with Crippen LogP contribution < -0.4 is 38.5 Å². The van der Waals surface area contributed by atoms with Gasteiger partial charge in [-0.1, -0.05) is 18.2 Å². The Morgan fingerprint density at radius 2 is 1.42 bits per heavy atom. The summed E-state index contributed by atoms with van der Waals surface area (Å²) in [6.45, 7) is 3.15. The molecule has 1 saturated heterocycles. The van der Waals surface area contributed by atoms with Crippen LogP contribution in [0.1, 0.15) is 21.5 Å². The Balaban J connectivity index is 1.33. The zero-order valence-corrected chi connectivity index (χ0v) is 31.2. The lowest BCUT2D eigenvalue weighted by molar-refractivity contribution is 0.0627. The molecule has 5 rings (SSSR count). The van der Waals surface area contributed by atoms with E-state index in [0.29, 0.717) is 91.6 Å². The fourth-order valence-electron chi connectivity index (χ4n) is 6.12. The van der Waals surface area contributed by atoms with Crippen LogP contribution in [0.2, 0.25) is 0 Å². The van der Waals surface area contributed by atoms with Crippen molar-refractivity contribution in [3.8, 4) is 34.5 Å². The Morgan fingerprint density at radius 1 is 0.712 bits per heavy atom. The van der Waals surface area contributed by atoms with Gasteiger partial charge in [0, 0.05) is 56.5 Å². The minimum atomic E-state index is -4.15. The van der Waals surface area contributed by atoms with Gasteiger partial charge in [-0.15, -0.1) is 0 Å². The number of benzene rings is 4. The minimum absolute atomic E-state index is 0.0485. The highest BCUT2D eigenvalue weighted by molar-refractivity contribution is 7.92. The Hall–Kier alpha value is -5.34. The lowest BCUT2D eigenvalue weighted by atomic mass is 10.1. The molecule has 0 atom stereocenters. The predicted molar refractivity (Wildman–Crippen MR) is 199 cm³/mol. The highest BCUT2D eigenvalue weighted by Gasteiger charge is 2.27. The molecule has 0 radical (unpaired) electrons. The molecule has 1 heterocycles. The maximum Gasteiger partial charge on any atom is 0.263 e.